The maximum atomic E-state index is 13.9. The number of nitrogens with one attached hydrogen (secondary N) is 1. The molecule has 1 saturated carbocycles. The van der Waals surface area contributed by atoms with Crippen LogP contribution in [0.2, 0.25) is 0 Å². The van der Waals surface area contributed by atoms with E-state index in [1.54, 1.807) is 17.0 Å². The second-order valence-corrected chi connectivity index (χ2v) is 12.7. The summed E-state index contributed by atoms with van der Waals surface area (Å²) in [6, 6.07) is 14.5. The van der Waals surface area contributed by atoms with Gasteiger partial charge in [0, 0.05) is 12.6 Å². The van der Waals surface area contributed by atoms with E-state index in [-0.39, 0.29) is 25.0 Å². The summed E-state index contributed by atoms with van der Waals surface area (Å²) in [6.45, 7) is 7.86. The average molecular weight is 542 g/mol. The zero-order valence-corrected chi connectivity index (χ0v) is 24.3. The van der Waals surface area contributed by atoms with E-state index >= 15 is 0 Å². The van der Waals surface area contributed by atoms with Gasteiger partial charge >= 0.3 is 0 Å². The predicted molar refractivity (Wildman–Crippen MR) is 154 cm³/mol. The fourth-order valence-electron chi connectivity index (χ4n) is 4.99. The Labute approximate surface area is 228 Å². The van der Waals surface area contributed by atoms with Crippen LogP contribution < -0.4 is 9.62 Å². The number of nitrogens with zero attached hydrogens (tertiary/aromatic N) is 2. The van der Waals surface area contributed by atoms with Gasteiger partial charge in [-0.1, -0.05) is 82.0 Å². The Hall–Kier alpha value is -2.87. The van der Waals surface area contributed by atoms with E-state index in [9.17, 15) is 18.0 Å². The van der Waals surface area contributed by atoms with E-state index in [2.05, 4.69) is 19.2 Å². The number of hydrogen-bond acceptors (Lipinski definition) is 4. The maximum absolute atomic E-state index is 13.9. The molecule has 0 heterocycles. The van der Waals surface area contributed by atoms with Crippen LogP contribution in [0.4, 0.5) is 5.69 Å². The van der Waals surface area contributed by atoms with Crippen molar-refractivity contribution in [3.8, 4) is 0 Å². The first-order valence-corrected chi connectivity index (χ1v) is 15.6. The molecule has 1 atom stereocenters. The van der Waals surface area contributed by atoms with Crippen LogP contribution in [0.3, 0.4) is 0 Å². The summed E-state index contributed by atoms with van der Waals surface area (Å²) in [7, 11) is -3.75. The summed E-state index contributed by atoms with van der Waals surface area (Å²) in [5, 5.41) is 3.17. The lowest BCUT2D eigenvalue weighted by Gasteiger charge is -2.34. The van der Waals surface area contributed by atoms with Gasteiger partial charge in [-0.15, -0.1) is 0 Å². The molecular formula is C30H43N3O4S. The Morgan fingerprint density at radius 2 is 1.58 bits per heavy atom. The van der Waals surface area contributed by atoms with Crippen molar-refractivity contribution in [2.45, 2.75) is 90.8 Å². The van der Waals surface area contributed by atoms with Crippen LogP contribution in [0.25, 0.3) is 0 Å². The number of aryl methyl sites for hydroxylation is 1. The molecule has 38 heavy (non-hydrogen) atoms. The minimum Gasteiger partial charge on any atom is -0.352 e. The number of sulfonamides is 1. The Morgan fingerprint density at radius 3 is 2.11 bits per heavy atom. The van der Waals surface area contributed by atoms with E-state index < -0.39 is 22.0 Å². The van der Waals surface area contributed by atoms with Gasteiger partial charge in [-0.2, -0.15) is 0 Å². The number of carbonyl (C=O) groups is 2. The molecular weight excluding hydrogens is 498 g/mol. The van der Waals surface area contributed by atoms with Gasteiger partial charge in [0.2, 0.25) is 21.8 Å². The highest BCUT2D eigenvalue weighted by molar-refractivity contribution is 7.92. The number of rotatable bonds is 11. The zero-order valence-electron chi connectivity index (χ0n) is 23.4. The van der Waals surface area contributed by atoms with Crippen molar-refractivity contribution < 1.29 is 18.0 Å². The highest BCUT2D eigenvalue weighted by Crippen LogP contribution is 2.24. The molecule has 0 spiro atoms. The Balaban J connectivity index is 1.90. The Morgan fingerprint density at radius 1 is 0.974 bits per heavy atom. The number of anilines is 1. The van der Waals surface area contributed by atoms with Crippen LogP contribution in [0.5, 0.6) is 0 Å². The predicted octanol–water partition coefficient (Wildman–Crippen LogP) is 5.14. The molecule has 1 aliphatic rings. The topological polar surface area (TPSA) is 86.8 Å². The zero-order chi connectivity index (χ0) is 27.9. The largest absolute Gasteiger partial charge is 0.352 e. The van der Waals surface area contributed by atoms with Crippen molar-refractivity contribution in [2.24, 2.45) is 0 Å². The van der Waals surface area contributed by atoms with Crippen molar-refractivity contribution in [3.63, 3.8) is 0 Å². The smallest absolute Gasteiger partial charge is 0.244 e. The minimum atomic E-state index is -3.75. The third-order valence-corrected chi connectivity index (χ3v) is 8.48. The lowest BCUT2D eigenvalue weighted by Crippen LogP contribution is -2.53. The van der Waals surface area contributed by atoms with Crippen LogP contribution in [0, 0.1) is 6.92 Å². The van der Waals surface area contributed by atoms with Gasteiger partial charge in [0.15, 0.2) is 0 Å². The summed E-state index contributed by atoms with van der Waals surface area (Å²) in [5.41, 5.74) is 3.50. The van der Waals surface area contributed by atoms with Crippen LogP contribution >= 0.6 is 0 Å². The van der Waals surface area contributed by atoms with E-state index in [4.69, 9.17) is 0 Å². The van der Waals surface area contributed by atoms with Crippen molar-refractivity contribution in [3.05, 3.63) is 65.2 Å². The van der Waals surface area contributed by atoms with Gasteiger partial charge < -0.3 is 10.2 Å². The van der Waals surface area contributed by atoms with Crippen molar-refractivity contribution in [1.29, 1.82) is 0 Å². The van der Waals surface area contributed by atoms with Crippen LogP contribution in [-0.4, -0.2) is 50.0 Å². The molecule has 3 rings (SSSR count). The van der Waals surface area contributed by atoms with Gasteiger partial charge in [0.05, 0.1) is 11.9 Å². The summed E-state index contributed by atoms with van der Waals surface area (Å²) in [6.07, 6.45) is 6.79. The standard InChI is InChI=1S/C30H43N3O4S/c1-6-28(30(35)31-26-10-8-7-9-11-26)32(20-24-14-12-23(4)13-15-24)29(34)21-33(38(5,36)37)27-18-16-25(17-19-27)22(2)3/h12-19,22,26,28H,6-11,20-21H2,1-5H3,(H,31,35). The summed E-state index contributed by atoms with van der Waals surface area (Å²) in [5.74, 6) is -0.281. The number of benzene rings is 2. The highest BCUT2D eigenvalue weighted by Gasteiger charge is 2.32. The fourth-order valence-corrected chi connectivity index (χ4v) is 5.84. The van der Waals surface area contributed by atoms with Gasteiger partial charge in [0.25, 0.3) is 0 Å². The molecule has 1 aliphatic carbocycles. The van der Waals surface area contributed by atoms with Gasteiger partial charge in [-0.25, -0.2) is 8.42 Å². The third-order valence-electron chi connectivity index (χ3n) is 7.34. The van der Waals surface area contributed by atoms with E-state index in [1.165, 1.54) is 6.42 Å². The fraction of sp³-hybridized carbons (Fsp3) is 0.533. The molecule has 0 saturated heterocycles. The first-order valence-electron chi connectivity index (χ1n) is 13.7. The number of amides is 2. The quantitative estimate of drug-likeness (QED) is 0.427. The van der Waals surface area contributed by atoms with Crippen molar-refractivity contribution in [1.82, 2.24) is 10.2 Å². The maximum Gasteiger partial charge on any atom is 0.244 e. The molecule has 0 radical (unpaired) electrons. The molecule has 8 heteroatoms. The number of carbonyl (C=O) groups excluding carboxylic acids is 2. The van der Waals surface area contributed by atoms with Crippen molar-refractivity contribution in [2.75, 3.05) is 17.1 Å². The SMILES string of the molecule is CCC(C(=O)NC1CCCCC1)N(Cc1ccc(C)cc1)C(=O)CN(c1ccc(C(C)C)cc1)S(C)(=O)=O. The molecule has 7 nitrogen and oxygen atoms in total. The third kappa shape index (κ3) is 8.06. The van der Waals surface area contributed by atoms with Crippen LogP contribution in [0.1, 0.15) is 81.9 Å². The molecule has 0 aliphatic heterocycles. The van der Waals surface area contributed by atoms with Gasteiger partial charge in [-0.05, 0) is 55.4 Å². The summed E-state index contributed by atoms with van der Waals surface area (Å²) in [4.78, 5) is 28.9. The van der Waals surface area contributed by atoms with Crippen LogP contribution in [-0.2, 0) is 26.2 Å². The lowest BCUT2D eigenvalue weighted by molar-refractivity contribution is -0.140. The van der Waals surface area contributed by atoms with Crippen molar-refractivity contribution >= 4 is 27.5 Å². The minimum absolute atomic E-state index is 0.119. The second kappa shape index (κ2) is 13.3. The average Bonchev–Trinajstić information content (AvgIpc) is 2.88. The molecule has 0 aromatic heterocycles. The molecule has 0 bridgehead atoms. The van der Waals surface area contributed by atoms with E-state index in [0.717, 1.165) is 52.9 Å². The lowest BCUT2D eigenvalue weighted by atomic mass is 9.95. The molecule has 1 N–H and O–H groups in total. The first kappa shape index (κ1) is 29.7. The molecule has 2 amide bonds. The van der Waals surface area contributed by atoms with Gasteiger partial charge in [0.1, 0.15) is 12.6 Å². The van der Waals surface area contributed by atoms with E-state index in [0.29, 0.717) is 18.0 Å². The Kier molecular flexibility index (Phi) is 10.4. The highest BCUT2D eigenvalue weighted by atomic mass is 32.2. The van der Waals surface area contributed by atoms with Gasteiger partial charge in [-0.3, -0.25) is 13.9 Å². The summed E-state index contributed by atoms with van der Waals surface area (Å²) < 4.78 is 26.8. The second-order valence-electron chi connectivity index (χ2n) is 10.8. The van der Waals surface area contributed by atoms with E-state index in [1.807, 2.05) is 50.2 Å². The molecule has 1 unspecified atom stereocenters. The normalized spacial score (nSPS) is 15.2. The Bertz CT molecular complexity index is 1170. The molecule has 208 valence electrons. The summed E-state index contributed by atoms with van der Waals surface area (Å²) >= 11 is 0. The first-order chi connectivity index (χ1) is 18.0. The number of hydrogen-bond donors (Lipinski definition) is 1. The monoisotopic (exact) mass is 541 g/mol. The molecule has 2 aromatic rings. The van der Waals surface area contributed by atoms with Crippen LogP contribution in [0.15, 0.2) is 48.5 Å². The molecule has 2 aromatic carbocycles. The molecule has 1 fully saturated rings.